The van der Waals surface area contributed by atoms with E-state index in [0.29, 0.717) is 0 Å². The highest BCUT2D eigenvalue weighted by molar-refractivity contribution is 7.83. The second-order valence-electron chi connectivity index (χ2n) is 1.58. The van der Waals surface area contributed by atoms with Crippen molar-refractivity contribution in [3.05, 3.63) is 35.5 Å². The fraction of sp³-hybridized carbons (Fsp3) is 0. The molecule has 9 heavy (non-hydrogen) atoms. The zero-order chi connectivity index (χ0) is 6.53. The Bertz CT molecular complexity index is 193. The Kier molecular flexibility index (Phi) is 2.22. The number of aromatic nitrogens is 1. The van der Waals surface area contributed by atoms with Gasteiger partial charge in [0.1, 0.15) is 0 Å². The first-order valence-corrected chi connectivity index (χ1v) is 3.09. The first-order chi connectivity index (χ1) is 4.43. The second-order valence-corrected chi connectivity index (χ2v) is 1.86. The fourth-order valence-corrected chi connectivity index (χ4v) is 0.710. The van der Waals surface area contributed by atoms with E-state index < -0.39 is 0 Å². The van der Waals surface area contributed by atoms with Crippen LogP contribution in [-0.4, -0.2) is 4.98 Å². The highest BCUT2D eigenvalue weighted by atomic mass is 32.1. The zero-order valence-corrected chi connectivity index (χ0v) is 5.64. The van der Waals surface area contributed by atoms with E-state index in [9.17, 15) is 0 Å². The number of rotatable bonds is 1. The van der Waals surface area contributed by atoms with Gasteiger partial charge in [0.05, 0.1) is 0 Å². The SMILES string of the molecule is [S]C=Cc1ccncc1. The van der Waals surface area contributed by atoms with E-state index in [4.69, 9.17) is 0 Å². The summed E-state index contributed by atoms with van der Waals surface area (Å²) < 4.78 is 0. The van der Waals surface area contributed by atoms with Crippen molar-refractivity contribution in [1.82, 2.24) is 4.98 Å². The first kappa shape index (κ1) is 6.23. The summed E-state index contributed by atoms with van der Waals surface area (Å²) in [4.78, 5) is 3.86. The van der Waals surface area contributed by atoms with Crippen LogP contribution in [0.25, 0.3) is 6.08 Å². The summed E-state index contributed by atoms with van der Waals surface area (Å²) in [5.41, 5.74) is 1.10. The maximum Gasteiger partial charge on any atom is 0.0273 e. The van der Waals surface area contributed by atoms with Crippen molar-refractivity contribution in [3.63, 3.8) is 0 Å². The molecule has 2 heteroatoms. The molecule has 0 fully saturated rings. The van der Waals surface area contributed by atoms with E-state index in [-0.39, 0.29) is 0 Å². The normalized spacial score (nSPS) is 10.2. The van der Waals surface area contributed by atoms with Gasteiger partial charge in [-0.3, -0.25) is 4.98 Å². The van der Waals surface area contributed by atoms with Gasteiger partial charge in [-0.05, 0) is 23.8 Å². The van der Waals surface area contributed by atoms with Crippen molar-refractivity contribution in [2.75, 3.05) is 0 Å². The molecule has 0 unspecified atom stereocenters. The molecule has 0 aliphatic rings. The fourth-order valence-electron chi connectivity index (χ4n) is 0.553. The molecule has 1 heterocycles. The first-order valence-electron chi connectivity index (χ1n) is 2.62. The van der Waals surface area contributed by atoms with Gasteiger partial charge in [0, 0.05) is 17.8 Å². The monoisotopic (exact) mass is 136 g/mol. The molecule has 0 aromatic carbocycles. The van der Waals surface area contributed by atoms with Crippen LogP contribution in [-0.2, 0) is 0 Å². The van der Waals surface area contributed by atoms with Gasteiger partial charge in [0.2, 0.25) is 0 Å². The predicted molar refractivity (Wildman–Crippen MR) is 40.9 cm³/mol. The van der Waals surface area contributed by atoms with Crippen LogP contribution in [0.15, 0.2) is 29.9 Å². The third kappa shape index (κ3) is 1.82. The van der Waals surface area contributed by atoms with E-state index >= 15 is 0 Å². The minimum atomic E-state index is 1.10. The Labute approximate surface area is 59.8 Å². The topological polar surface area (TPSA) is 12.9 Å². The van der Waals surface area contributed by atoms with Gasteiger partial charge >= 0.3 is 0 Å². The third-order valence-electron chi connectivity index (χ3n) is 0.967. The Morgan fingerprint density at radius 2 is 2.00 bits per heavy atom. The average Bonchev–Trinajstić information content (AvgIpc) is 1.91. The molecule has 1 aromatic rings. The average molecular weight is 136 g/mol. The molecule has 0 atom stereocenters. The summed E-state index contributed by atoms with van der Waals surface area (Å²) in [7, 11) is 0. The molecular weight excluding hydrogens is 130 g/mol. The molecule has 1 radical (unpaired) electrons. The third-order valence-corrected chi connectivity index (χ3v) is 1.10. The molecule has 0 saturated heterocycles. The summed E-state index contributed by atoms with van der Waals surface area (Å²) in [6.07, 6.45) is 5.34. The van der Waals surface area contributed by atoms with Crippen LogP contribution in [0.4, 0.5) is 0 Å². The molecule has 1 rings (SSSR count). The van der Waals surface area contributed by atoms with Crippen molar-refractivity contribution in [1.29, 1.82) is 0 Å². The Hall–Kier alpha value is -0.890. The molecule has 0 bridgehead atoms. The van der Waals surface area contributed by atoms with Crippen LogP contribution in [0, 0.1) is 0 Å². The lowest BCUT2D eigenvalue weighted by Crippen LogP contribution is -1.70. The Balaban J connectivity index is 2.85. The number of pyridine rings is 1. The zero-order valence-electron chi connectivity index (χ0n) is 4.82. The number of hydrogen-bond donors (Lipinski definition) is 0. The van der Waals surface area contributed by atoms with Gasteiger partial charge in [0.15, 0.2) is 0 Å². The molecule has 1 aromatic heterocycles. The quantitative estimate of drug-likeness (QED) is 0.577. The lowest BCUT2D eigenvalue weighted by molar-refractivity contribution is 1.32. The molecule has 0 aliphatic carbocycles. The molecule has 0 saturated carbocycles. The van der Waals surface area contributed by atoms with Crippen LogP contribution in [0.2, 0.25) is 0 Å². The molecule has 0 aliphatic heterocycles. The smallest absolute Gasteiger partial charge is 0.0273 e. The van der Waals surface area contributed by atoms with E-state index in [1.165, 1.54) is 0 Å². The van der Waals surface area contributed by atoms with Gasteiger partial charge < -0.3 is 0 Å². The minimum absolute atomic E-state index is 1.10. The molecule has 0 amide bonds. The van der Waals surface area contributed by atoms with E-state index in [1.54, 1.807) is 17.8 Å². The largest absolute Gasteiger partial charge is 0.265 e. The summed E-state index contributed by atoms with van der Waals surface area (Å²) in [6, 6.07) is 3.81. The van der Waals surface area contributed by atoms with Crippen LogP contribution < -0.4 is 0 Å². The van der Waals surface area contributed by atoms with Crippen molar-refractivity contribution in [2.24, 2.45) is 0 Å². The Morgan fingerprint density at radius 3 is 2.56 bits per heavy atom. The summed E-state index contributed by atoms with van der Waals surface area (Å²) >= 11 is 4.63. The van der Waals surface area contributed by atoms with Crippen LogP contribution in [0.3, 0.4) is 0 Å². The molecule has 1 nitrogen and oxygen atoms in total. The maximum absolute atomic E-state index is 4.63. The summed E-state index contributed by atoms with van der Waals surface area (Å²) in [5, 5.41) is 1.59. The van der Waals surface area contributed by atoms with Gasteiger partial charge in [-0.25, -0.2) is 0 Å². The van der Waals surface area contributed by atoms with E-state index in [2.05, 4.69) is 17.6 Å². The van der Waals surface area contributed by atoms with Gasteiger partial charge in [-0.1, -0.05) is 12.6 Å². The highest BCUT2D eigenvalue weighted by Crippen LogP contribution is 1.98. The van der Waals surface area contributed by atoms with Crippen LogP contribution in [0.5, 0.6) is 0 Å². The van der Waals surface area contributed by atoms with Crippen molar-refractivity contribution >= 4 is 18.7 Å². The van der Waals surface area contributed by atoms with Crippen molar-refractivity contribution < 1.29 is 0 Å². The lowest BCUT2D eigenvalue weighted by Gasteiger charge is -1.85. The van der Waals surface area contributed by atoms with Gasteiger partial charge in [-0.15, -0.1) is 0 Å². The number of nitrogens with zero attached hydrogens (tertiary/aromatic N) is 1. The van der Waals surface area contributed by atoms with E-state index in [0.717, 1.165) is 5.56 Å². The second kappa shape index (κ2) is 3.20. The van der Waals surface area contributed by atoms with Gasteiger partial charge in [-0.2, -0.15) is 0 Å². The van der Waals surface area contributed by atoms with Crippen molar-refractivity contribution in [2.45, 2.75) is 0 Å². The Morgan fingerprint density at radius 1 is 1.33 bits per heavy atom. The van der Waals surface area contributed by atoms with Crippen molar-refractivity contribution in [3.8, 4) is 0 Å². The molecular formula is C7H6NS. The highest BCUT2D eigenvalue weighted by Gasteiger charge is 1.79. The number of hydrogen-bond acceptors (Lipinski definition) is 1. The lowest BCUT2D eigenvalue weighted by atomic mass is 10.3. The molecule has 45 valence electrons. The van der Waals surface area contributed by atoms with E-state index in [1.807, 2.05) is 18.2 Å². The minimum Gasteiger partial charge on any atom is -0.265 e. The van der Waals surface area contributed by atoms with Crippen LogP contribution in [0.1, 0.15) is 5.56 Å². The summed E-state index contributed by atoms with van der Waals surface area (Å²) in [5.74, 6) is 0. The standard InChI is InChI=1S/C7H6NS/c9-6-3-7-1-4-8-5-2-7/h1-6H. The van der Waals surface area contributed by atoms with Crippen LogP contribution >= 0.6 is 12.6 Å². The van der Waals surface area contributed by atoms with Gasteiger partial charge in [0.25, 0.3) is 0 Å². The molecule has 0 N–H and O–H groups in total. The maximum atomic E-state index is 4.63. The molecule has 0 spiro atoms. The predicted octanol–water partition coefficient (Wildman–Crippen LogP) is 2.25. The summed E-state index contributed by atoms with van der Waals surface area (Å²) in [6.45, 7) is 0.